The van der Waals surface area contributed by atoms with Crippen molar-refractivity contribution < 1.29 is 33.6 Å². The molecule has 1 aliphatic heterocycles. The number of aromatic hydroxyl groups is 1. The maximum absolute atomic E-state index is 11.6. The third kappa shape index (κ3) is 3.41. The molecule has 3 aromatic rings. The van der Waals surface area contributed by atoms with Crippen molar-refractivity contribution in [1.29, 1.82) is 0 Å². The molecule has 0 saturated carbocycles. The number of phenolic OH excluding ortho intramolecular Hbond substituents is 1. The summed E-state index contributed by atoms with van der Waals surface area (Å²) in [6.07, 6.45) is -0.446. The first-order valence-electron chi connectivity index (χ1n) is 8.36. The van der Waals surface area contributed by atoms with Gasteiger partial charge < -0.3 is 33.6 Å². The van der Waals surface area contributed by atoms with Gasteiger partial charge in [0.05, 0.1) is 14.2 Å². The molecule has 8 nitrogen and oxygen atoms in total. The van der Waals surface area contributed by atoms with Gasteiger partial charge in [-0.1, -0.05) is 6.07 Å². The predicted molar refractivity (Wildman–Crippen MR) is 101 cm³/mol. The first-order valence-corrected chi connectivity index (χ1v) is 8.36. The third-order valence-corrected chi connectivity index (χ3v) is 4.22. The molecule has 28 heavy (non-hydrogen) atoms. The topological polar surface area (TPSA) is 108 Å². The van der Waals surface area contributed by atoms with Crippen LogP contribution in [-0.4, -0.2) is 38.1 Å². The predicted octanol–water partition coefficient (Wildman–Crippen LogP) is 2.64. The van der Waals surface area contributed by atoms with Crippen LogP contribution in [-0.2, 0) is 0 Å². The highest BCUT2D eigenvalue weighted by atomic mass is 16.6. The maximum Gasteiger partial charge on any atom is 0.336 e. The Kier molecular flexibility index (Phi) is 5.60. The Labute approximate surface area is 160 Å². The van der Waals surface area contributed by atoms with E-state index in [1.165, 1.54) is 26.4 Å². The molecule has 0 bridgehead atoms. The van der Waals surface area contributed by atoms with Crippen molar-refractivity contribution in [3.8, 4) is 28.7 Å². The number of aliphatic hydroxyl groups excluding tert-OH is 1. The number of benzene rings is 2. The van der Waals surface area contributed by atoms with Gasteiger partial charge in [0.25, 0.3) is 0 Å². The normalized spacial score (nSPS) is 14.8. The van der Waals surface area contributed by atoms with Gasteiger partial charge in [0.1, 0.15) is 6.61 Å². The molecule has 2 heterocycles. The molecule has 2 N–H and O–H groups in total. The van der Waals surface area contributed by atoms with Gasteiger partial charge in [0.15, 0.2) is 28.9 Å². The Bertz CT molecular complexity index is 1040. The first-order chi connectivity index (χ1) is 13.6. The van der Waals surface area contributed by atoms with E-state index >= 15 is 0 Å². The Morgan fingerprint density at radius 3 is 2.46 bits per heavy atom. The Hall–Kier alpha value is -3.39. The first kappa shape index (κ1) is 19.4. The molecular weight excluding hydrogens is 368 g/mol. The number of methoxy groups -OCH3 is 2. The number of hydrogen-bond donors (Lipinski definition) is 2. The minimum atomic E-state index is -0.473. The molecule has 4 rings (SSSR count). The molecule has 0 amide bonds. The van der Waals surface area contributed by atoms with Crippen LogP contribution in [0, 0.1) is 0 Å². The molecule has 0 radical (unpaired) electrons. The maximum atomic E-state index is 11.6. The second-order valence-electron chi connectivity index (χ2n) is 5.76. The lowest BCUT2D eigenvalue weighted by molar-refractivity contribution is 0.0873. The van der Waals surface area contributed by atoms with Gasteiger partial charge in [-0.15, -0.1) is 0 Å². The van der Waals surface area contributed by atoms with E-state index in [1.807, 2.05) is 0 Å². The molecule has 0 unspecified atom stereocenters. The van der Waals surface area contributed by atoms with Crippen LogP contribution in [0.2, 0.25) is 0 Å². The quantitative estimate of drug-likeness (QED) is 0.660. The Morgan fingerprint density at radius 2 is 1.75 bits per heavy atom. The largest absolute Gasteiger partial charge is 0.504 e. The second kappa shape index (κ2) is 8.10. The third-order valence-electron chi connectivity index (χ3n) is 4.22. The highest BCUT2D eigenvalue weighted by Crippen LogP contribution is 2.48. The van der Waals surface area contributed by atoms with Gasteiger partial charge in [0, 0.05) is 18.6 Å². The van der Waals surface area contributed by atoms with Gasteiger partial charge in [-0.2, -0.15) is 0 Å². The van der Waals surface area contributed by atoms with Crippen molar-refractivity contribution in [3.05, 3.63) is 52.4 Å². The number of aliphatic hydroxyl groups is 1. The van der Waals surface area contributed by atoms with E-state index < -0.39 is 11.7 Å². The number of phenols is 1. The Balaban J connectivity index is 0.00000109. The number of hydrogen-bond acceptors (Lipinski definition) is 8. The molecular formula is C20H20O8. The van der Waals surface area contributed by atoms with E-state index in [0.29, 0.717) is 34.0 Å². The van der Waals surface area contributed by atoms with E-state index in [-0.39, 0.29) is 12.4 Å². The van der Waals surface area contributed by atoms with Crippen molar-refractivity contribution >= 4 is 11.0 Å². The highest BCUT2D eigenvalue weighted by molar-refractivity contribution is 5.88. The van der Waals surface area contributed by atoms with Crippen LogP contribution in [0.25, 0.3) is 11.0 Å². The zero-order valence-electron chi connectivity index (χ0n) is 15.6. The molecule has 2 aromatic carbocycles. The van der Waals surface area contributed by atoms with Crippen LogP contribution < -0.4 is 24.6 Å². The fourth-order valence-corrected chi connectivity index (χ4v) is 2.93. The van der Waals surface area contributed by atoms with Crippen LogP contribution in [0.3, 0.4) is 0 Å². The fourth-order valence-electron chi connectivity index (χ4n) is 2.93. The summed E-state index contributed by atoms with van der Waals surface area (Å²) in [7, 11) is 4.00. The minimum Gasteiger partial charge on any atom is -0.504 e. The molecule has 0 spiro atoms. The lowest BCUT2D eigenvalue weighted by Gasteiger charge is -2.28. The van der Waals surface area contributed by atoms with Gasteiger partial charge >= 0.3 is 5.63 Å². The van der Waals surface area contributed by atoms with Gasteiger partial charge in [0.2, 0.25) is 11.5 Å². The summed E-state index contributed by atoms with van der Waals surface area (Å²) in [5, 5.41) is 17.4. The summed E-state index contributed by atoms with van der Waals surface area (Å²) in [4.78, 5) is 11.6. The highest BCUT2D eigenvalue weighted by Gasteiger charge is 2.29. The van der Waals surface area contributed by atoms with Crippen LogP contribution in [0.5, 0.6) is 28.7 Å². The molecule has 1 aromatic heterocycles. The molecule has 0 saturated heterocycles. The molecule has 0 aliphatic carbocycles. The van der Waals surface area contributed by atoms with E-state index in [2.05, 4.69) is 0 Å². The summed E-state index contributed by atoms with van der Waals surface area (Å²) < 4.78 is 27.8. The zero-order valence-corrected chi connectivity index (χ0v) is 15.6. The zero-order chi connectivity index (χ0) is 20.3. The molecule has 0 fully saturated rings. The van der Waals surface area contributed by atoms with Crippen LogP contribution in [0.15, 0.2) is 45.6 Å². The lowest BCUT2D eigenvalue weighted by atomic mass is 10.1. The lowest BCUT2D eigenvalue weighted by Crippen LogP contribution is -2.22. The van der Waals surface area contributed by atoms with Crippen molar-refractivity contribution in [2.24, 2.45) is 0 Å². The summed E-state index contributed by atoms with van der Waals surface area (Å²) in [5.74, 6) is 1.54. The molecule has 1 aliphatic rings. The minimum absolute atomic E-state index is 0.0405. The van der Waals surface area contributed by atoms with E-state index in [4.69, 9.17) is 28.5 Å². The SMILES string of the molecule is CO.COc1cc([C@@H]2COc3c(c(OC)cc4ccc(=O)oc34)O2)ccc1O. The average molecular weight is 388 g/mol. The average Bonchev–Trinajstić information content (AvgIpc) is 2.74. The van der Waals surface area contributed by atoms with Crippen molar-refractivity contribution in [3.63, 3.8) is 0 Å². The van der Waals surface area contributed by atoms with Crippen LogP contribution in [0.1, 0.15) is 11.7 Å². The number of ether oxygens (including phenoxy) is 4. The van der Waals surface area contributed by atoms with Gasteiger partial charge in [-0.25, -0.2) is 4.79 Å². The Morgan fingerprint density at radius 1 is 1.00 bits per heavy atom. The van der Waals surface area contributed by atoms with E-state index in [0.717, 1.165) is 12.7 Å². The summed E-state index contributed by atoms with van der Waals surface area (Å²) in [5.41, 5.74) is 0.607. The number of rotatable bonds is 3. The fraction of sp³-hybridized carbons (Fsp3) is 0.250. The summed E-state index contributed by atoms with van der Waals surface area (Å²) in [6.45, 7) is 0.196. The van der Waals surface area contributed by atoms with Crippen molar-refractivity contribution in [2.45, 2.75) is 6.10 Å². The van der Waals surface area contributed by atoms with E-state index in [9.17, 15) is 9.90 Å². The smallest absolute Gasteiger partial charge is 0.336 e. The van der Waals surface area contributed by atoms with Gasteiger partial charge in [-0.3, -0.25) is 0 Å². The molecule has 1 atom stereocenters. The van der Waals surface area contributed by atoms with Crippen LogP contribution >= 0.6 is 0 Å². The van der Waals surface area contributed by atoms with Crippen molar-refractivity contribution in [1.82, 2.24) is 0 Å². The second-order valence-corrected chi connectivity index (χ2v) is 5.76. The summed E-state index contributed by atoms with van der Waals surface area (Å²) >= 11 is 0. The standard InChI is InChI=1S/C19H16O7.CH4O/c1-22-13-7-10(3-5-12(13)20)15-9-24-19-17-11(4-6-16(21)26-17)8-14(23-2)18(19)25-15;1-2/h3-8,15,20H,9H2,1-2H3;2H,1H3/t15-;/m0./s1. The van der Waals surface area contributed by atoms with Gasteiger partial charge in [-0.05, 0) is 29.8 Å². The van der Waals surface area contributed by atoms with Crippen molar-refractivity contribution in [2.75, 3.05) is 27.9 Å². The molecule has 148 valence electrons. The van der Waals surface area contributed by atoms with Crippen LogP contribution in [0.4, 0.5) is 0 Å². The monoisotopic (exact) mass is 388 g/mol. The number of fused-ring (bicyclic) bond motifs is 3. The van der Waals surface area contributed by atoms with E-state index in [1.54, 1.807) is 24.3 Å². The molecule has 8 heteroatoms. The summed E-state index contributed by atoms with van der Waals surface area (Å²) in [6, 6.07) is 9.64.